The van der Waals surface area contributed by atoms with Gasteiger partial charge in [-0.1, -0.05) is 116 Å². The molecule has 0 aromatic heterocycles. The van der Waals surface area contributed by atoms with Crippen molar-refractivity contribution in [2.24, 2.45) is 0 Å². The molecule has 0 amide bonds. The van der Waals surface area contributed by atoms with E-state index in [1.165, 1.54) is 0 Å². The number of phenolic OH excluding ortho intramolecular Hbond substituents is 2. The predicted molar refractivity (Wildman–Crippen MR) is 197 cm³/mol. The Labute approximate surface area is 315 Å². The molecular formula is C36H68O10Si2Ti. The van der Waals surface area contributed by atoms with Crippen LogP contribution >= 0.6 is 0 Å². The van der Waals surface area contributed by atoms with Gasteiger partial charge in [-0.3, -0.25) is 0 Å². The normalized spacial score (nSPS) is 10.8. The molecule has 0 saturated heterocycles. The maximum absolute atomic E-state index is 10.2. The summed E-state index contributed by atoms with van der Waals surface area (Å²) >= 11 is 0. The fourth-order valence-electron chi connectivity index (χ4n) is 3.18. The van der Waals surface area contributed by atoms with E-state index in [9.17, 15) is 9.59 Å². The van der Waals surface area contributed by atoms with Crippen LogP contribution in [0.5, 0.6) is 11.5 Å². The Bertz CT molecular complexity index is 777. The molecule has 0 spiro atoms. The van der Waals surface area contributed by atoms with Crippen molar-refractivity contribution >= 4 is 18.1 Å². The molecule has 2 aromatic rings. The van der Waals surface area contributed by atoms with Crippen LogP contribution in [-0.4, -0.2) is 77.5 Å². The van der Waals surface area contributed by atoms with Gasteiger partial charge in [-0.15, -0.1) is 0 Å². The molecule has 0 heterocycles. The molecule has 0 aliphatic rings. The first-order valence-electron chi connectivity index (χ1n) is 17.9. The van der Waals surface area contributed by atoms with Crippen molar-refractivity contribution < 1.29 is 68.1 Å². The van der Waals surface area contributed by atoms with Crippen LogP contribution in [0.1, 0.15) is 119 Å². The van der Waals surface area contributed by atoms with E-state index in [-0.39, 0.29) is 21.7 Å². The van der Waals surface area contributed by atoms with Gasteiger partial charge in [0.25, 0.3) is 0 Å². The molecule has 0 aliphatic heterocycles. The van der Waals surface area contributed by atoms with Crippen LogP contribution in [0.15, 0.2) is 60.7 Å². The molecule has 2 aromatic carbocycles. The molecule has 0 saturated carbocycles. The van der Waals surface area contributed by atoms with E-state index in [4.69, 9.17) is 36.8 Å². The topological polar surface area (TPSA) is 136 Å². The third-order valence-electron chi connectivity index (χ3n) is 6.21. The summed E-state index contributed by atoms with van der Waals surface area (Å²) in [6.07, 6.45) is 11.7. The van der Waals surface area contributed by atoms with Crippen molar-refractivity contribution in [3.63, 3.8) is 0 Å². The Kier molecular flexibility index (Phi) is 40.6. The number of unbranched alkanes of at least 4 members (excludes halogenated alkanes) is 6. The minimum absolute atomic E-state index is 0. The van der Waals surface area contributed by atoms with Crippen LogP contribution in [0.3, 0.4) is 0 Å². The zero-order chi connectivity index (χ0) is 36.2. The average Bonchev–Trinajstić information content (AvgIpc) is 3.07. The van der Waals surface area contributed by atoms with Crippen LogP contribution < -0.4 is 0 Å². The number of benzene rings is 2. The molecule has 0 radical (unpaired) electrons. The molecule has 13 heteroatoms. The summed E-state index contributed by atoms with van der Waals surface area (Å²) in [5, 5.41) is 17.3. The van der Waals surface area contributed by atoms with Crippen molar-refractivity contribution in [3.8, 4) is 11.5 Å². The summed E-state index contributed by atoms with van der Waals surface area (Å²) in [6.45, 7) is 15.6. The molecule has 49 heavy (non-hydrogen) atoms. The van der Waals surface area contributed by atoms with Crippen molar-refractivity contribution in [2.75, 3.05) is 39.6 Å². The predicted octanol–water partition coefficient (Wildman–Crippen LogP) is 8.51. The van der Waals surface area contributed by atoms with E-state index in [1.807, 2.05) is 12.1 Å². The van der Waals surface area contributed by atoms with E-state index in [0.29, 0.717) is 51.1 Å². The molecule has 4 N–H and O–H groups in total. The monoisotopic (exact) mass is 764 g/mol. The minimum atomic E-state index is -3.36. The maximum atomic E-state index is 10.2. The van der Waals surface area contributed by atoms with Gasteiger partial charge in [-0.25, -0.2) is 0 Å². The Morgan fingerprint density at radius 2 is 0.571 bits per heavy atom. The quantitative estimate of drug-likeness (QED) is 0.0609. The summed E-state index contributed by atoms with van der Waals surface area (Å²) in [4.78, 5) is 20.3. The summed E-state index contributed by atoms with van der Waals surface area (Å²) in [5.74, 6) is 0.644. The van der Waals surface area contributed by atoms with Gasteiger partial charge in [0, 0.05) is 61.4 Å². The van der Waals surface area contributed by atoms with Crippen LogP contribution in [0.4, 0.5) is 0 Å². The SMILES string of the molecule is CCCCO[Si](O)(OCCCC)OCCCC.CCCCO[Si](O)(OCCCC)OCCCC.Oc1ccccc1.Oc1ccccc1.[Ti]. The van der Waals surface area contributed by atoms with Gasteiger partial charge in [-0.2, -0.15) is 0 Å². The van der Waals surface area contributed by atoms with Crippen LogP contribution in [0.25, 0.3) is 0 Å². The molecule has 0 fully saturated rings. The van der Waals surface area contributed by atoms with Crippen LogP contribution in [0.2, 0.25) is 0 Å². The van der Waals surface area contributed by atoms with Gasteiger partial charge in [-0.05, 0) is 62.8 Å². The summed E-state index contributed by atoms with van der Waals surface area (Å²) in [7, 11) is -6.72. The molecule has 10 nitrogen and oxygen atoms in total. The first-order chi connectivity index (χ1) is 23.2. The smallest absolute Gasteiger partial charge is 0.508 e. The van der Waals surface area contributed by atoms with E-state index in [1.54, 1.807) is 48.5 Å². The van der Waals surface area contributed by atoms with Gasteiger partial charge in [0.05, 0.1) is 0 Å². The summed E-state index contributed by atoms with van der Waals surface area (Å²) < 4.78 is 32.5. The van der Waals surface area contributed by atoms with Crippen LogP contribution in [-0.2, 0) is 48.3 Å². The Hall–Kier alpha value is -1.13. The fraction of sp³-hybridized carbons (Fsp3) is 0.667. The Morgan fingerprint density at radius 1 is 0.388 bits per heavy atom. The van der Waals surface area contributed by atoms with Gasteiger partial charge in [0.15, 0.2) is 0 Å². The first-order valence-corrected chi connectivity index (χ1v) is 21.3. The standard InChI is InChI=1S/2C12H28O4Si.2C6H6O.Ti/c2*1-4-7-10-14-17(13,15-11-8-5-2)16-12-9-6-3;2*7-6-4-2-1-3-5-6;/h2*13H,4-12H2,1-3H3;2*1-5,7H;. The summed E-state index contributed by atoms with van der Waals surface area (Å²) in [6, 6.07) is 17.4. The number of phenols is 2. The van der Waals surface area contributed by atoms with Crippen molar-refractivity contribution in [1.82, 2.24) is 0 Å². The second kappa shape index (κ2) is 38.1. The molecule has 0 bridgehead atoms. The molecular weight excluding hydrogens is 696 g/mol. The second-order valence-corrected chi connectivity index (χ2v) is 14.8. The molecule has 0 unspecified atom stereocenters. The van der Waals surface area contributed by atoms with E-state index >= 15 is 0 Å². The van der Waals surface area contributed by atoms with Gasteiger partial charge in [0.2, 0.25) is 0 Å². The number of hydrogen-bond donors (Lipinski definition) is 4. The van der Waals surface area contributed by atoms with Gasteiger partial charge < -0.3 is 46.4 Å². The third kappa shape index (κ3) is 36.5. The minimum Gasteiger partial charge on any atom is -0.508 e. The maximum Gasteiger partial charge on any atom is 0.676 e. The number of para-hydroxylation sites is 2. The molecule has 0 atom stereocenters. The van der Waals surface area contributed by atoms with E-state index in [2.05, 4.69) is 41.5 Å². The Balaban J connectivity index is -0.000000613. The van der Waals surface area contributed by atoms with Gasteiger partial charge in [0.1, 0.15) is 11.5 Å². The zero-order valence-corrected chi connectivity index (χ0v) is 34.8. The average molecular weight is 765 g/mol. The first kappa shape index (κ1) is 52.2. The van der Waals surface area contributed by atoms with Crippen molar-refractivity contribution in [1.29, 1.82) is 0 Å². The third-order valence-corrected chi connectivity index (χ3v) is 9.62. The Morgan fingerprint density at radius 3 is 0.694 bits per heavy atom. The fourth-order valence-corrected chi connectivity index (χ4v) is 6.09. The zero-order valence-electron chi connectivity index (χ0n) is 31.2. The molecule has 2 rings (SSSR count). The van der Waals surface area contributed by atoms with Gasteiger partial charge >= 0.3 is 18.1 Å². The van der Waals surface area contributed by atoms with E-state index < -0.39 is 18.1 Å². The largest absolute Gasteiger partial charge is 0.676 e. The van der Waals surface area contributed by atoms with Crippen molar-refractivity contribution in [2.45, 2.75) is 119 Å². The number of rotatable bonds is 24. The van der Waals surface area contributed by atoms with Crippen LogP contribution in [0, 0.1) is 0 Å². The summed E-state index contributed by atoms with van der Waals surface area (Å²) in [5.41, 5.74) is 0. The molecule has 284 valence electrons. The van der Waals surface area contributed by atoms with E-state index in [0.717, 1.165) is 77.0 Å². The number of hydrogen-bond acceptors (Lipinski definition) is 10. The second-order valence-electron chi connectivity index (χ2n) is 10.9. The molecule has 0 aliphatic carbocycles. The van der Waals surface area contributed by atoms with Crippen molar-refractivity contribution in [3.05, 3.63) is 60.7 Å². The number of aromatic hydroxyl groups is 2.